The maximum Gasteiger partial charge on any atom is 0.229 e. The number of benzene rings is 1. The van der Waals surface area contributed by atoms with Gasteiger partial charge in [-0.25, -0.2) is 0 Å². The monoisotopic (exact) mass is 312 g/mol. The topological polar surface area (TPSA) is 46.3 Å². The van der Waals surface area contributed by atoms with Gasteiger partial charge in [0.2, 0.25) is 5.91 Å². The third-order valence-corrected chi connectivity index (χ3v) is 6.51. The van der Waals surface area contributed by atoms with Gasteiger partial charge in [0, 0.05) is 19.1 Å². The summed E-state index contributed by atoms with van der Waals surface area (Å²) in [7, 11) is 0. The van der Waals surface area contributed by atoms with Crippen molar-refractivity contribution < 1.29 is 4.79 Å². The molecule has 2 saturated carbocycles. The zero-order chi connectivity index (χ0) is 15.9. The number of amides is 1. The van der Waals surface area contributed by atoms with E-state index in [-0.39, 0.29) is 11.5 Å². The molecule has 4 unspecified atom stereocenters. The van der Waals surface area contributed by atoms with E-state index in [0.29, 0.717) is 11.8 Å². The molecule has 1 aromatic carbocycles. The minimum absolute atomic E-state index is 0.151. The molecule has 124 valence electrons. The predicted molar refractivity (Wildman–Crippen MR) is 91.8 cm³/mol. The zero-order valence-corrected chi connectivity index (χ0v) is 13.9. The molecule has 1 saturated heterocycles. The number of carbonyl (C=O) groups is 1. The van der Waals surface area contributed by atoms with Gasteiger partial charge in [0.15, 0.2) is 0 Å². The molecule has 3 nitrogen and oxygen atoms in total. The minimum atomic E-state index is -0.151. The Morgan fingerprint density at radius 2 is 2.04 bits per heavy atom. The summed E-state index contributed by atoms with van der Waals surface area (Å²) in [6.07, 6.45) is 7.95. The number of nitrogens with two attached hydrogens (primary N) is 1. The first-order chi connectivity index (χ1) is 11.2. The molecule has 1 aromatic rings. The summed E-state index contributed by atoms with van der Waals surface area (Å²) in [5.74, 6) is 1.76. The molecule has 4 atom stereocenters. The largest absolute Gasteiger partial charge is 0.341 e. The first-order valence-corrected chi connectivity index (χ1v) is 9.26. The molecule has 3 fully saturated rings. The highest BCUT2D eigenvalue weighted by Crippen LogP contribution is 2.58. The van der Waals surface area contributed by atoms with E-state index in [0.717, 1.165) is 44.7 Å². The third-order valence-electron chi connectivity index (χ3n) is 6.51. The number of carbonyl (C=O) groups excluding carboxylic acids is 1. The quantitative estimate of drug-likeness (QED) is 0.932. The fourth-order valence-corrected chi connectivity index (χ4v) is 5.47. The van der Waals surface area contributed by atoms with Crippen LogP contribution < -0.4 is 5.73 Å². The van der Waals surface area contributed by atoms with Gasteiger partial charge in [0.25, 0.3) is 0 Å². The molecule has 1 amide bonds. The molecule has 4 rings (SSSR count). The van der Waals surface area contributed by atoms with Crippen LogP contribution in [-0.4, -0.2) is 29.9 Å². The Kier molecular flexibility index (Phi) is 3.92. The average Bonchev–Trinajstić information content (AvgIpc) is 3.16. The number of nitrogens with zero attached hydrogens (tertiary/aromatic N) is 1. The molecule has 1 aliphatic heterocycles. The summed E-state index contributed by atoms with van der Waals surface area (Å²) < 4.78 is 0. The summed E-state index contributed by atoms with van der Waals surface area (Å²) in [5, 5.41) is 0. The van der Waals surface area contributed by atoms with Crippen LogP contribution in [0.25, 0.3) is 0 Å². The Bertz CT molecular complexity index is 572. The maximum atomic E-state index is 13.5. The summed E-state index contributed by atoms with van der Waals surface area (Å²) in [6, 6.07) is 10.8. The Hall–Kier alpha value is -1.35. The van der Waals surface area contributed by atoms with Crippen molar-refractivity contribution >= 4 is 5.91 Å². The van der Waals surface area contributed by atoms with Crippen LogP contribution in [0.2, 0.25) is 0 Å². The zero-order valence-electron chi connectivity index (χ0n) is 13.9. The summed E-state index contributed by atoms with van der Waals surface area (Å²) in [5.41, 5.74) is 7.30. The second-order valence-corrected chi connectivity index (χ2v) is 8.05. The fourth-order valence-electron chi connectivity index (χ4n) is 5.47. The molecular weight excluding hydrogens is 284 g/mol. The Labute approximate surface area is 139 Å². The van der Waals surface area contributed by atoms with E-state index in [1.54, 1.807) is 0 Å². The molecule has 23 heavy (non-hydrogen) atoms. The van der Waals surface area contributed by atoms with Gasteiger partial charge in [0.05, 0.1) is 5.41 Å². The molecule has 1 heterocycles. The lowest BCUT2D eigenvalue weighted by Crippen LogP contribution is -2.53. The maximum absolute atomic E-state index is 13.5. The lowest BCUT2D eigenvalue weighted by atomic mass is 9.68. The first kappa shape index (κ1) is 15.2. The average molecular weight is 312 g/mol. The number of piperidine rings is 1. The van der Waals surface area contributed by atoms with Crippen LogP contribution in [0.1, 0.15) is 44.1 Å². The van der Waals surface area contributed by atoms with Gasteiger partial charge in [-0.05, 0) is 55.9 Å². The van der Waals surface area contributed by atoms with Gasteiger partial charge >= 0.3 is 0 Å². The van der Waals surface area contributed by atoms with Crippen molar-refractivity contribution in [2.75, 3.05) is 13.1 Å². The molecule has 0 radical (unpaired) electrons. The van der Waals surface area contributed by atoms with Crippen molar-refractivity contribution in [3.8, 4) is 0 Å². The Morgan fingerprint density at radius 1 is 1.22 bits per heavy atom. The van der Waals surface area contributed by atoms with Crippen LogP contribution in [0.3, 0.4) is 0 Å². The van der Waals surface area contributed by atoms with Crippen molar-refractivity contribution in [1.82, 2.24) is 4.90 Å². The molecule has 2 bridgehead atoms. The van der Waals surface area contributed by atoms with E-state index >= 15 is 0 Å². The predicted octanol–water partition coefficient (Wildman–Crippen LogP) is 2.99. The van der Waals surface area contributed by atoms with E-state index in [9.17, 15) is 4.79 Å². The van der Waals surface area contributed by atoms with Gasteiger partial charge in [-0.3, -0.25) is 4.79 Å². The molecule has 3 aliphatic rings. The van der Waals surface area contributed by atoms with Crippen LogP contribution in [-0.2, 0) is 11.2 Å². The highest BCUT2D eigenvalue weighted by molar-refractivity contribution is 5.84. The number of likely N-dealkylation sites (tertiary alicyclic amines) is 1. The smallest absolute Gasteiger partial charge is 0.229 e. The minimum Gasteiger partial charge on any atom is -0.341 e. The SMILES string of the molecule is NC1CCCN(C(=O)C2(Cc3ccccc3)CC3CCC2C3)C1. The van der Waals surface area contributed by atoms with Crippen molar-refractivity contribution in [3.63, 3.8) is 0 Å². The van der Waals surface area contributed by atoms with E-state index in [4.69, 9.17) is 5.73 Å². The Balaban J connectivity index is 1.62. The van der Waals surface area contributed by atoms with Crippen molar-refractivity contribution in [2.24, 2.45) is 23.0 Å². The van der Waals surface area contributed by atoms with Gasteiger partial charge in [0.1, 0.15) is 0 Å². The lowest BCUT2D eigenvalue weighted by molar-refractivity contribution is -0.146. The summed E-state index contributed by atoms with van der Waals surface area (Å²) >= 11 is 0. The standard InChI is InChI=1S/C20H28N2O/c21-18-7-4-10-22(14-18)19(23)20(12-15-5-2-1-3-6-15)13-16-8-9-17(20)11-16/h1-3,5-6,16-18H,4,7-14,21H2. The van der Waals surface area contributed by atoms with E-state index in [1.807, 2.05) is 0 Å². The lowest BCUT2D eigenvalue weighted by Gasteiger charge is -2.42. The van der Waals surface area contributed by atoms with Crippen LogP contribution in [0.5, 0.6) is 0 Å². The highest BCUT2D eigenvalue weighted by Gasteiger charge is 2.56. The number of rotatable bonds is 3. The highest BCUT2D eigenvalue weighted by atomic mass is 16.2. The van der Waals surface area contributed by atoms with Crippen LogP contribution >= 0.6 is 0 Å². The number of hydrogen-bond donors (Lipinski definition) is 1. The van der Waals surface area contributed by atoms with E-state index < -0.39 is 0 Å². The van der Waals surface area contributed by atoms with E-state index in [1.165, 1.54) is 24.8 Å². The number of hydrogen-bond acceptors (Lipinski definition) is 2. The van der Waals surface area contributed by atoms with E-state index in [2.05, 4.69) is 35.2 Å². The van der Waals surface area contributed by atoms with Crippen LogP contribution in [0, 0.1) is 17.3 Å². The van der Waals surface area contributed by atoms with Crippen molar-refractivity contribution in [2.45, 2.75) is 51.0 Å². The number of fused-ring (bicyclic) bond motifs is 2. The second-order valence-electron chi connectivity index (χ2n) is 8.05. The molecule has 2 N–H and O–H groups in total. The van der Waals surface area contributed by atoms with Crippen molar-refractivity contribution in [1.29, 1.82) is 0 Å². The van der Waals surface area contributed by atoms with Crippen LogP contribution in [0.4, 0.5) is 0 Å². The molecule has 0 spiro atoms. The van der Waals surface area contributed by atoms with Gasteiger partial charge in [-0.2, -0.15) is 0 Å². The van der Waals surface area contributed by atoms with Gasteiger partial charge in [-0.15, -0.1) is 0 Å². The second kappa shape index (κ2) is 5.94. The first-order valence-electron chi connectivity index (χ1n) is 9.26. The van der Waals surface area contributed by atoms with Crippen molar-refractivity contribution in [3.05, 3.63) is 35.9 Å². The summed E-state index contributed by atoms with van der Waals surface area (Å²) in [6.45, 7) is 1.66. The van der Waals surface area contributed by atoms with Gasteiger partial charge < -0.3 is 10.6 Å². The molecule has 3 heteroatoms. The Morgan fingerprint density at radius 3 is 2.70 bits per heavy atom. The third kappa shape index (κ3) is 2.69. The molecule has 2 aliphatic carbocycles. The van der Waals surface area contributed by atoms with Crippen LogP contribution in [0.15, 0.2) is 30.3 Å². The molecular formula is C20H28N2O. The molecule has 0 aromatic heterocycles. The summed E-state index contributed by atoms with van der Waals surface area (Å²) in [4.78, 5) is 15.6. The fraction of sp³-hybridized carbons (Fsp3) is 0.650. The normalized spacial score (nSPS) is 36.4. The van der Waals surface area contributed by atoms with Gasteiger partial charge in [-0.1, -0.05) is 36.8 Å².